The maximum atomic E-state index is 13.0. The van der Waals surface area contributed by atoms with Crippen LogP contribution in [0.2, 0.25) is 5.02 Å². The molecule has 1 aromatic heterocycles. The van der Waals surface area contributed by atoms with Crippen molar-refractivity contribution in [1.29, 1.82) is 0 Å². The van der Waals surface area contributed by atoms with E-state index < -0.39 is 15.1 Å². The lowest BCUT2D eigenvalue weighted by atomic mass is 9.71. The summed E-state index contributed by atoms with van der Waals surface area (Å²) in [6.45, 7) is 9.53. The summed E-state index contributed by atoms with van der Waals surface area (Å²) in [5.74, 6) is 2.84. The van der Waals surface area contributed by atoms with Crippen molar-refractivity contribution >= 4 is 50.2 Å². The van der Waals surface area contributed by atoms with Gasteiger partial charge in [-0.15, -0.1) is 0 Å². The van der Waals surface area contributed by atoms with E-state index in [2.05, 4.69) is 51.1 Å². The summed E-state index contributed by atoms with van der Waals surface area (Å²) in [6, 6.07) is 12.0. The van der Waals surface area contributed by atoms with Crippen LogP contribution in [0.5, 0.6) is 5.75 Å². The molecule has 2 heterocycles. The number of halogens is 1. The highest BCUT2D eigenvalue weighted by Crippen LogP contribution is 2.43. The average molecular weight is 664 g/mol. The summed E-state index contributed by atoms with van der Waals surface area (Å²) >= 11 is 6.51. The molecule has 0 radical (unpaired) electrons. The van der Waals surface area contributed by atoms with Crippen LogP contribution < -0.4 is 20.7 Å². The predicted octanol–water partition coefficient (Wildman–Crippen LogP) is 8.61. The van der Waals surface area contributed by atoms with E-state index in [1.807, 2.05) is 13.8 Å². The Hall–Kier alpha value is -3.14. The quantitative estimate of drug-likeness (QED) is 0.187. The molecule has 0 amide bonds. The van der Waals surface area contributed by atoms with Crippen LogP contribution in [0.1, 0.15) is 83.8 Å². The van der Waals surface area contributed by atoms with E-state index >= 15 is 0 Å². The fraction of sp³-hybridized carbons (Fsp3) is 0.500. The molecule has 1 unspecified atom stereocenters. The number of anilines is 4. The first kappa shape index (κ1) is 32.8. The van der Waals surface area contributed by atoms with Crippen molar-refractivity contribution in [2.75, 3.05) is 10.6 Å². The predicted molar refractivity (Wildman–Crippen MR) is 187 cm³/mol. The molecule has 3 aromatic rings. The number of hydrogen-bond donors (Lipinski definition) is 3. The molecule has 2 saturated carbocycles. The zero-order chi connectivity index (χ0) is 32.6. The highest BCUT2D eigenvalue weighted by Gasteiger charge is 2.36. The molecular formula is C36H46ClN5O3S. The minimum atomic E-state index is -3.54. The number of hydrogen-bond acceptors (Lipinski definition) is 8. The molecular weight excluding hydrogens is 618 g/mol. The number of benzene rings is 2. The topological polar surface area (TPSA) is 105 Å². The Bertz CT molecular complexity index is 1720. The van der Waals surface area contributed by atoms with Crippen LogP contribution in [0.25, 0.3) is 5.57 Å². The number of para-hydroxylation sites is 1. The number of nitrogens with one attached hydrogen (secondary N) is 3. The van der Waals surface area contributed by atoms with Crippen molar-refractivity contribution in [3.8, 4) is 5.75 Å². The Kier molecular flexibility index (Phi) is 9.65. The van der Waals surface area contributed by atoms with E-state index in [0.717, 1.165) is 35.3 Å². The summed E-state index contributed by atoms with van der Waals surface area (Å²) in [7, 11) is -3.54. The van der Waals surface area contributed by atoms with Gasteiger partial charge in [0.05, 0.1) is 33.8 Å². The molecule has 2 atom stereocenters. The van der Waals surface area contributed by atoms with Gasteiger partial charge in [0.1, 0.15) is 10.8 Å². The second-order valence-electron chi connectivity index (χ2n) is 13.6. The van der Waals surface area contributed by atoms with E-state index in [4.69, 9.17) is 16.3 Å². The number of aryl methyl sites for hydroxylation is 1. The summed E-state index contributed by atoms with van der Waals surface area (Å²) < 4.78 is 32.4. The Balaban J connectivity index is 1.30. The molecule has 1 aliphatic heterocycles. The molecule has 6 rings (SSSR count). The van der Waals surface area contributed by atoms with E-state index in [1.165, 1.54) is 55.9 Å². The minimum Gasteiger partial charge on any atom is -0.489 e. The van der Waals surface area contributed by atoms with Crippen LogP contribution >= 0.6 is 11.6 Å². The Labute approximate surface area is 278 Å². The first-order valence-corrected chi connectivity index (χ1v) is 18.6. The fourth-order valence-corrected chi connectivity index (χ4v) is 7.95. The van der Waals surface area contributed by atoms with Gasteiger partial charge in [-0.05, 0) is 120 Å². The van der Waals surface area contributed by atoms with E-state index in [-0.39, 0.29) is 16.0 Å². The maximum Gasteiger partial charge on any atom is 0.229 e. The molecule has 3 N–H and O–H groups in total. The number of nitrogens with zero attached hydrogens (tertiary/aromatic N) is 2. The van der Waals surface area contributed by atoms with Crippen molar-refractivity contribution < 1.29 is 13.2 Å². The third kappa shape index (κ3) is 6.92. The molecule has 0 spiro atoms. The van der Waals surface area contributed by atoms with E-state index in [9.17, 15) is 8.42 Å². The number of rotatable bonds is 11. The molecule has 46 heavy (non-hydrogen) atoms. The van der Waals surface area contributed by atoms with Crippen LogP contribution in [0, 0.1) is 18.8 Å². The van der Waals surface area contributed by atoms with Crippen LogP contribution in [0.15, 0.2) is 53.6 Å². The lowest BCUT2D eigenvalue weighted by molar-refractivity contribution is 0.177. The zero-order valence-corrected chi connectivity index (χ0v) is 29.0. The van der Waals surface area contributed by atoms with Gasteiger partial charge in [-0.1, -0.05) is 42.7 Å². The number of ether oxygens (including phenoxy) is 1. The van der Waals surface area contributed by atoms with Gasteiger partial charge < -0.3 is 20.7 Å². The summed E-state index contributed by atoms with van der Waals surface area (Å²) in [6.07, 6.45) is 12.9. The van der Waals surface area contributed by atoms with Crippen molar-refractivity contribution in [1.82, 2.24) is 15.3 Å². The molecule has 0 bridgehead atoms. The second kappa shape index (κ2) is 13.5. The van der Waals surface area contributed by atoms with Crippen LogP contribution in [0.3, 0.4) is 0 Å². The smallest absolute Gasteiger partial charge is 0.229 e. The summed E-state index contributed by atoms with van der Waals surface area (Å²) in [5, 5.41) is 10.2. The average Bonchev–Trinajstić information content (AvgIpc) is 2.94. The van der Waals surface area contributed by atoms with Gasteiger partial charge in [-0.2, -0.15) is 4.98 Å². The Morgan fingerprint density at radius 2 is 1.70 bits per heavy atom. The Morgan fingerprint density at radius 3 is 2.35 bits per heavy atom. The Morgan fingerprint density at radius 1 is 0.978 bits per heavy atom. The molecule has 2 fully saturated rings. The standard InChI is InChI=1S/C36H46ClN5O3S/c1-21(2)45-33-19-27(26-17-30(24-10-8-11-24)39-31(18-26)25-12-9-13-25)23(5)16-32(33)41-36-38-20-28(37)35(42-36)40-29-14-6-7-15-34(29)46(43,44)22(3)4/h6-7,14-17,19-22,24-25,30-31,39H,8-13,18H2,1-5H3,(H2,38,40,41,42)/t30?,31-/m1/s1. The minimum absolute atomic E-state index is 0.0358. The maximum absolute atomic E-state index is 13.0. The highest BCUT2D eigenvalue weighted by atomic mass is 35.5. The van der Waals surface area contributed by atoms with Crippen LogP contribution in [-0.4, -0.2) is 41.8 Å². The monoisotopic (exact) mass is 663 g/mol. The highest BCUT2D eigenvalue weighted by molar-refractivity contribution is 7.92. The zero-order valence-electron chi connectivity index (χ0n) is 27.4. The lowest BCUT2D eigenvalue weighted by Gasteiger charge is -2.44. The molecule has 2 aliphatic carbocycles. The van der Waals surface area contributed by atoms with Gasteiger partial charge in [0.2, 0.25) is 5.95 Å². The largest absolute Gasteiger partial charge is 0.489 e. The normalized spacial score (nSPS) is 20.7. The van der Waals surface area contributed by atoms with Crippen molar-refractivity contribution in [3.63, 3.8) is 0 Å². The molecule has 246 valence electrons. The number of sulfone groups is 1. The SMILES string of the molecule is Cc1cc(Nc2ncc(Cl)c(Nc3ccccc3S(=O)(=O)C(C)C)n2)c(OC(C)C)cc1C1=CC(C2CCC2)N[C@@H](C2CCC2)C1. The fourth-order valence-electron chi connectivity index (χ4n) is 6.61. The summed E-state index contributed by atoms with van der Waals surface area (Å²) in [5.41, 5.74) is 4.97. The molecule has 3 aliphatic rings. The third-order valence-corrected chi connectivity index (χ3v) is 12.2. The first-order chi connectivity index (χ1) is 22.0. The van der Waals surface area contributed by atoms with Crippen molar-refractivity contribution in [3.05, 3.63) is 64.8 Å². The van der Waals surface area contributed by atoms with Crippen molar-refractivity contribution in [2.24, 2.45) is 11.8 Å². The molecule has 0 saturated heterocycles. The summed E-state index contributed by atoms with van der Waals surface area (Å²) in [4.78, 5) is 9.28. The van der Waals surface area contributed by atoms with Gasteiger partial charge in [0, 0.05) is 12.1 Å². The lowest BCUT2D eigenvalue weighted by Crippen LogP contribution is -2.50. The van der Waals surface area contributed by atoms with Gasteiger partial charge in [0.15, 0.2) is 15.7 Å². The van der Waals surface area contributed by atoms with Gasteiger partial charge in [0.25, 0.3) is 0 Å². The number of aromatic nitrogens is 2. The van der Waals surface area contributed by atoms with Crippen molar-refractivity contribution in [2.45, 2.75) is 108 Å². The molecule has 2 aromatic carbocycles. The van der Waals surface area contributed by atoms with E-state index in [0.29, 0.717) is 29.5 Å². The van der Waals surface area contributed by atoms with Crippen LogP contribution in [-0.2, 0) is 9.84 Å². The van der Waals surface area contributed by atoms with Gasteiger partial charge in [-0.25, -0.2) is 13.4 Å². The second-order valence-corrected chi connectivity index (χ2v) is 16.5. The third-order valence-electron chi connectivity index (χ3n) is 9.70. The van der Waals surface area contributed by atoms with Gasteiger partial charge >= 0.3 is 0 Å². The first-order valence-electron chi connectivity index (χ1n) is 16.7. The molecule has 8 nitrogen and oxygen atoms in total. The van der Waals surface area contributed by atoms with E-state index in [1.54, 1.807) is 38.1 Å². The van der Waals surface area contributed by atoms with Crippen LogP contribution in [0.4, 0.5) is 23.1 Å². The molecule has 10 heteroatoms. The van der Waals surface area contributed by atoms with Gasteiger partial charge in [-0.3, -0.25) is 0 Å².